The van der Waals surface area contributed by atoms with Crippen LogP contribution in [0.4, 0.5) is 14.3 Å². The molecule has 1 aromatic heterocycles. The number of urea groups is 1. The summed E-state index contributed by atoms with van der Waals surface area (Å²) in [5.74, 6) is -0.299. The Bertz CT molecular complexity index is 486. The van der Waals surface area contributed by atoms with Crippen molar-refractivity contribution in [2.45, 2.75) is 6.54 Å². The molecule has 0 unspecified atom stereocenters. The maximum Gasteiger partial charge on any atom is 0.321 e. The van der Waals surface area contributed by atoms with Crippen molar-refractivity contribution in [1.82, 2.24) is 14.7 Å². The number of rotatable bonds is 3. The van der Waals surface area contributed by atoms with E-state index >= 15 is 0 Å². The molecule has 2 amide bonds. The quantitative estimate of drug-likeness (QED) is 0.878. The van der Waals surface area contributed by atoms with Crippen molar-refractivity contribution in [1.29, 1.82) is 0 Å². The van der Waals surface area contributed by atoms with Gasteiger partial charge in [0.25, 0.3) is 0 Å². The van der Waals surface area contributed by atoms with Crippen LogP contribution in [0.3, 0.4) is 0 Å². The van der Waals surface area contributed by atoms with Crippen LogP contribution in [0.15, 0.2) is 30.6 Å². The smallest absolute Gasteiger partial charge is 0.321 e. The molecule has 1 aromatic carbocycles. The highest BCUT2D eigenvalue weighted by Crippen LogP contribution is 2.06. The predicted molar refractivity (Wildman–Crippen MR) is 62.2 cm³/mol. The van der Waals surface area contributed by atoms with Gasteiger partial charge in [-0.15, -0.1) is 0 Å². The minimum absolute atomic E-state index is 0.299. The van der Waals surface area contributed by atoms with Gasteiger partial charge >= 0.3 is 6.03 Å². The SMILES string of the molecule is O=C(NCc1ccc(F)cc1)Nc1ncns1. The standard InChI is InChI=1S/C10H9FN4OS/c11-8-3-1-7(2-4-8)5-12-9(16)15-10-13-6-14-17-10/h1-4,6H,5H2,(H2,12,13,14,15,16). The van der Waals surface area contributed by atoms with Crippen molar-refractivity contribution >= 4 is 22.7 Å². The van der Waals surface area contributed by atoms with Gasteiger partial charge in [0.15, 0.2) is 0 Å². The number of aromatic nitrogens is 2. The van der Waals surface area contributed by atoms with Crippen LogP contribution >= 0.6 is 11.5 Å². The van der Waals surface area contributed by atoms with E-state index in [1.165, 1.54) is 18.5 Å². The monoisotopic (exact) mass is 252 g/mol. The van der Waals surface area contributed by atoms with Crippen molar-refractivity contribution in [2.24, 2.45) is 0 Å². The molecule has 0 aliphatic heterocycles. The molecule has 0 aliphatic carbocycles. The molecule has 88 valence electrons. The van der Waals surface area contributed by atoms with Crippen LogP contribution in [0, 0.1) is 5.82 Å². The van der Waals surface area contributed by atoms with Crippen LogP contribution in [0.1, 0.15) is 5.56 Å². The molecule has 7 heteroatoms. The summed E-state index contributed by atoms with van der Waals surface area (Å²) in [5, 5.41) is 5.58. The molecule has 1 heterocycles. The molecule has 0 spiro atoms. The van der Waals surface area contributed by atoms with Crippen LogP contribution in [0.2, 0.25) is 0 Å². The van der Waals surface area contributed by atoms with Crippen molar-refractivity contribution in [3.8, 4) is 0 Å². The van der Waals surface area contributed by atoms with Crippen molar-refractivity contribution in [3.63, 3.8) is 0 Å². The van der Waals surface area contributed by atoms with Crippen LogP contribution in [0.25, 0.3) is 0 Å². The minimum atomic E-state index is -0.369. The van der Waals surface area contributed by atoms with E-state index in [1.54, 1.807) is 12.1 Å². The minimum Gasteiger partial charge on any atom is -0.334 e. The normalized spacial score (nSPS) is 9.94. The zero-order chi connectivity index (χ0) is 12.1. The van der Waals surface area contributed by atoms with Gasteiger partial charge in [-0.3, -0.25) is 5.32 Å². The van der Waals surface area contributed by atoms with Crippen molar-refractivity contribution in [2.75, 3.05) is 5.32 Å². The zero-order valence-electron chi connectivity index (χ0n) is 8.68. The molecule has 17 heavy (non-hydrogen) atoms. The molecule has 2 N–H and O–H groups in total. The van der Waals surface area contributed by atoms with E-state index in [-0.39, 0.29) is 11.8 Å². The number of benzene rings is 1. The first-order chi connectivity index (χ1) is 8.24. The highest BCUT2D eigenvalue weighted by molar-refractivity contribution is 7.09. The third-order valence-corrected chi connectivity index (χ3v) is 2.53. The number of anilines is 1. The predicted octanol–water partition coefficient (Wildman–Crippen LogP) is 2.00. The van der Waals surface area contributed by atoms with Gasteiger partial charge in [0.2, 0.25) is 5.13 Å². The van der Waals surface area contributed by atoms with E-state index in [9.17, 15) is 9.18 Å². The maximum absolute atomic E-state index is 12.6. The van der Waals surface area contributed by atoms with Gasteiger partial charge in [-0.25, -0.2) is 14.2 Å². The molecule has 0 radical (unpaired) electrons. The molecular formula is C10H9FN4OS. The maximum atomic E-state index is 12.6. The fourth-order valence-electron chi connectivity index (χ4n) is 1.15. The number of hydrogen-bond donors (Lipinski definition) is 2. The number of nitrogens with zero attached hydrogens (tertiary/aromatic N) is 2. The number of halogens is 1. The summed E-state index contributed by atoms with van der Waals surface area (Å²) >= 11 is 1.09. The lowest BCUT2D eigenvalue weighted by Crippen LogP contribution is -2.28. The summed E-state index contributed by atoms with van der Waals surface area (Å²) in [4.78, 5) is 15.2. The molecule has 0 fully saturated rings. The Labute approximate surface area is 101 Å². The second-order valence-electron chi connectivity index (χ2n) is 3.18. The Balaban J connectivity index is 1.82. The second kappa shape index (κ2) is 5.35. The van der Waals surface area contributed by atoms with Crippen LogP contribution < -0.4 is 10.6 Å². The Kier molecular flexibility index (Phi) is 3.61. The van der Waals surface area contributed by atoms with Crippen LogP contribution in [-0.2, 0) is 6.54 Å². The number of carbonyl (C=O) groups is 1. The van der Waals surface area contributed by atoms with Gasteiger partial charge in [0.05, 0.1) is 0 Å². The van der Waals surface area contributed by atoms with Crippen LogP contribution in [0.5, 0.6) is 0 Å². The molecule has 2 aromatic rings. The fraction of sp³-hybridized carbons (Fsp3) is 0.100. The summed E-state index contributed by atoms with van der Waals surface area (Å²) in [5.41, 5.74) is 0.818. The molecule has 0 atom stereocenters. The van der Waals surface area contributed by atoms with Gasteiger partial charge in [0, 0.05) is 18.1 Å². The molecule has 0 saturated carbocycles. The Morgan fingerprint density at radius 2 is 2.12 bits per heavy atom. The van der Waals surface area contributed by atoms with Gasteiger partial charge in [0.1, 0.15) is 12.1 Å². The molecule has 0 bridgehead atoms. The zero-order valence-corrected chi connectivity index (χ0v) is 9.50. The number of carbonyl (C=O) groups excluding carboxylic acids is 1. The highest BCUT2D eigenvalue weighted by Gasteiger charge is 2.03. The fourth-order valence-corrected chi connectivity index (χ4v) is 1.58. The molecule has 0 aliphatic rings. The summed E-state index contributed by atoms with van der Waals surface area (Å²) in [6.45, 7) is 0.324. The van der Waals surface area contributed by atoms with Crippen LogP contribution in [-0.4, -0.2) is 15.4 Å². The Hall–Kier alpha value is -2.02. The Morgan fingerprint density at radius 1 is 1.35 bits per heavy atom. The van der Waals surface area contributed by atoms with E-state index in [2.05, 4.69) is 20.0 Å². The first kappa shape index (κ1) is 11.5. The number of amides is 2. The van der Waals surface area contributed by atoms with E-state index in [0.29, 0.717) is 11.7 Å². The van der Waals surface area contributed by atoms with E-state index in [0.717, 1.165) is 17.1 Å². The summed E-state index contributed by atoms with van der Waals surface area (Å²) in [7, 11) is 0. The van der Waals surface area contributed by atoms with E-state index in [1.807, 2.05) is 0 Å². The topological polar surface area (TPSA) is 66.9 Å². The second-order valence-corrected chi connectivity index (χ2v) is 3.96. The third kappa shape index (κ3) is 3.49. The van der Waals surface area contributed by atoms with Crippen molar-refractivity contribution in [3.05, 3.63) is 42.0 Å². The molecule has 2 rings (SSSR count). The molecule has 0 saturated heterocycles. The molecular weight excluding hydrogens is 243 g/mol. The first-order valence-corrected chi connectivity index (χ1v) is 5.57. The van der Waals surface area contributed by atoms with E-state index in [4.69, 9.17) is 0 Å². The van der Waals surface area contributed by atoms with Gasteiger partial charge < -0.3 is 5.32 Å². The number of nitrogens with one attached hydrogen (secondary N) is 2. The lowest BCUT2D eigenvalue weighted by Gasteiger charge is -2.04. The van der Waals surface area contributed by atoms with Crippen molar-refractivity contribution < 1.29 is 9.18 Å². The third-order valence-electron chi connectivity index (χ3n) is 1.95. The Morgan fingerprint density at radius 3 is 2.76 bits per heavy atom. The molecule has 5 nitrogen and oxygen atoms in total. The van der Waals surface area contributed by atoms with Gasteiger partial charge in [-0.2, -0.15) is 4.37 Å². The van der Waals surface area contributed by atoms with Gasteiger partial charge in [-0.1, -0.05) is 12.1 Å². The summed E-state index contributed by atoms with van der Waals surface area (Å²) in [6.07, 6.45) is 1.36. The van der Waals surface area contributed by atoms with Gasteiger partial charge in [-0.05, 0) is 17.7 Å². The summed E-state index contributed by atoms with van der Waals surface area (Å²) in [6, 6.07) is 5.55. The average molecular weight is 252 g/mol. The first-order valence-electron chi connectivity index (χ1n) is 4.80. The lowest BCUT2D eigenvalue weighted by molar-refractivity contribution is 0.251. The largest absolute Gasteiger partial charge is 0.334 e. The summed E-state index contributed by atoms with van der Waals surface area (Å²) < 4.78 is 16.4. The van der Waals surface area contributed by atoms with E-state index < -0.39 is 0 Å². The highest BCUT2D eigenvalue weighted by atomic mass is 32.1. The lowest BCUT2D eigenvalue weighted by atomic mass is 10.2. The average Bonchev–Trinajstić information content (AvgIpc) is 2.81. The number of hydrogen-bond acceptors (Lipinski definition) is 4.